The third-order valence-electron chi connectivity index (χ3n) is 4.23. The van der Waals surface area contributed by atoms with E-state index in [4.69, 9.17) is 0 Å². The zero-order chi connectivity index (χ0) is 14.7. The molecule has 2 aliphatic rings. The predicted octanol–water partition coefficient (Wildman–Crippen LogP) is 2.47. The molecule has 1 fully saturated rings. The van der Waals surface area contributed by atoms with Crippen molar-refractivity contribution in [3.05, 3.63) is 23.8 Å². The first-order valence-corrected chi connectivity index (χ1v) is 10.2. The van der Waals surface area contributed by atoms with Gasteiger partial charge in [0.2, 0.25) is 10.0 Å². The molecule has 4 nitrogen and oxygen atoms in total. The Balaban J connectivity index is 1.69. The van der Waals surface area contributed by atoms with Crippen molar-refractivity contribution in [1.82, 2.24) is 4.72 Å². The van der Waals surface area contributed by atoms with E-state index < -0.39 is 10.0 Å². The van der Waals surface area contributed by atoms with Gasteiger partial charge in [-0.25, -0.2) is 13.1 Å². The second-order valence-electron chi connectivity index (χ2n) is 5.76. The number of thioether (sulfide) groups is 1. The lowest BCUT2D eigenvalue weighted by Crippen LogP contribution is -2.31. The van der Waals surface area contributed by atoms with Crippen LogP contribution >= 0.6 is 11.8 Å². The van der Waals surface area contributed by atoms with E-state index in [9.17, 15) is 8.42 Å². The lowest BCUT2D eigenvalue weighted by atomic mass is 10.0. The normalized spacial score (nSPS) is 19.8. The van der Waals surface area contributed by atoms with Crippen LogP contribution in [0.25, 0.3) is 0 Å². The summed E-state index contributed by atoms with van der Waals surface area (Å²) in [7, 11) is -3.39. The summed E-state index contributed by atoms with van der Waals surface area (Å²) in [6, 6.07) is 5.44. The fourth-order valence-electron chi connectivity index (χ4n) is 2.87. The highest BCUT2D eigenvalue weighted by Crippen LogP contribution is 2.26. The predicted molar refractivity (Wildman–Crippen MR) is 88.5 cm³/mol. The van der Waals surface area contributed by atoms with Crippen molar-refractivity contribution in [2.45, 2.75) is 30.6 Å². The lowest BCUT2D eigenvalue weighted by molar-refractivity contribution is 0.476. The van der Waals surface area contributed by atoms with Crippen molar-refractivity contribution in [3.8, 4) is 0 Å². The van der Waals surface area contributed by atoms with E-state index in [2.05, 4.69) is 10.0 Å². The summed E-state index contributed by atoms with van der Waals surface area (Å²) in [6.07, 6.45) is 4.35. The van der Waals surface area contributed by atoms with Crippen LogP contribution in [0.1, 0.15) is 24.8 Å². The molecule has 0 radical (unpaired) electrons. The van der Waals surface area contributed by atoms with Crippen LogP contribution < -0.4 is 10.0 Å². The summed E-state index contributed by atoms with van der Waals surface area (Å²) < 4.78 is 27.6. The van der Waals surface area contributed by atoms with E-state index in [1.54, 1.807) is 12.1 Å². The summed E-state index contributed by atoms with van der Waals surface area (Å²) >= 11 is 1.96. The van der Waals surface area contributed by atoms with Gasteiger partial charge in [-0.05, 0) is 60.8 Å². The zero-order valence-electron chi connectivity index (χ0n) is 12.1. The molecule has 2 N–H and O–H groups in total. The molecule has 0 unspecified atom stereocenters. The Kier molecular flexibility index (Phi) is 4.76. The molecule has 2 aliphatic heterocycles. The zero-order valence-corrected chi connectivity index (χ0v) is 13.7. The maximum Gasteiger partial charge on any atom is 0.240 e. The molecule has 6 heteroatoms. The fourth-order valence-corrected chi connectivity index (χ4v) is 5.21. The monoisotopic (exact) mass is 326 g/mol. The van der Waals surface area contributed by atoms with E-state index in [0.29, 0.717) is 17.4 Å². The van der Waals surface area contributed by atoms with Crippen LogP contribution in [-0.2, 0) is 16.4 Å². The highest BCUT2D eigenvalue weighted by atomic mass is 32.2. The topological polar surface area (TPSA) is 58.2 Å². The van der Waals surface area contributed by atoms with Crippen molar-refractivity contribution in [1.29, 1.82) is 0 Å². The molecular weight excluding hydrogens is 304 g/mol. The Morgan fingerprint density at radius 2 is 2.10 bits per heavy atom. The third kappa shape index (κ3) is 3.73. The Hall–Kier alpha value is -0.720. The highest BCUT2D eigenvalue weighted by Gasteiger charge is 2.20. The summed E-state index contributed by atoms with van der Waals surface area (Å²) in [5, 5.41) is 3.29. The summed E-state index contributed by atoms with van der Waals surface area (Å²) in [5.74, 6) is 2.78. The Morgan fingerprint density at radius 3 is 2.90 bits per heavy atom. The molecular formula is C15H22N2O2S2. The van der Waals surface area contributed by atoms with Gasteiger partial charge < -0.3 is 5.32 Å². The molecule has 0 atom stereocenters. The minimum Gasteiger partial charge on any atom is -0.385 e. The molecule has 0 amide bonds. The quantitative estimate of drug-likeness (QED) is 0.892. The molecule has 0 spiro atoms. The van der Waals surface area contributed by atoms with Crippen LogP contribution in [0.2, 0.25) is 0 Å². The van der Waals surface area contributed by atoms with Gasteiger partial charge >= 0.3 is 0 Å². The van der Waals surface area contributed by atoms with E-state index in [-0.39, 0.29) is 0 Å². The number of sulfonamides is 1. The van der Waals surface area contributed by atoms with Crippen molar-refractivity contribution in [3.63, 3.8) is 0 Å². The highest BCUT2D eigenvalue weighted by molar-refractivity contribution is 7.99. The first kappa shape index (κ1) is 15.2. The Bertz CT molecular complexity index is 596. The largest absolute Gasteiger partial charge is 0.385 e. The minimum atomic E-state index is -3.39. The van der Waals surface area contributed by atoms with Crippen molar-refractivity contribution < 1.29 is 8.42 Å². The summed E-state index contributed by atoms with van der Waals surface area (Å²) in [6.45, 7) is 1.48. The van der Waals surface area contributed by atoms with Gasteiger partial charge in [-0.1, -0.05) is 6.07 Å². The van der Waals surface area contributed by atoms with Gasteiger partial charge in [0.25, 0.3) is 0 Å². The molecule has 2 heterocycles. The van der Waals surface area contributed by atoms with Crippen LogP contribution in [0.15, 0.2) is 23.1 Å². The number of nitrogens with one attached hydrogen (secondary N) is 2. The lowest BCUT2D eigenvalue weighted by Gasteiger charge is -2.22. The number of hydrogen-bond acceptors (Lipinski definition) is 4. The number of rotatable bonds is 4. The first-order chi connectivity index (χ1) is 10.1. The minimum absolute atomic E-state index is 0.376. The molecule has 116 valence electrons. The standard InChI is InChI=1S/C15H22N2O2S2/c18-21(19,17-11-12-5-8-20-9-6-12)14-4-3-13-2-1-7-16-15(13)10-14/h3-4,10,12,16-17H,1-2,5-9,11H2. The molecule has 1 aromatic carbocycles. The molecule has 0 aliphatic carbocycles. The van der Waals surface area contributed by atoms with Crippen LogP contribution in [0.5, 0.6) is 0 Å². The van der Waals surface area contributed by atoms with Crippen molar-refractivity contribution in [2.24, 2.45) is 5.92 Å². The third-order valence-corrected chi connectivity index (χ3v) is 6.70. The van der Waals surface area contributed by atoms with Gasteiger partial charge in [0.1, 0.15) is 0 Å². The van der Waals surface area contributed by atoms with Crippen molar-refractivity contribution >= 4 is 27.5 Å². The van der Waals surface area contributed by atoms with Crippen LogP contribution in [0.4, 0.5) is 5.69 Å². The van der Waals surface area contributed by atoms with Gasteiger partial charge in [0, 0.05) is 18.8 Å². The van der Waals surface area contributed by atoms with E-state index in [1.807, 2.05) is 17.8 Å². The molecule has 3 rings (SSSR count). The van der Waals surface area contributed by atoms with E-state index in [1.165, 1.54) is 5.56 Å². The number of aryl methyl sites for hydroxylation is 1. The summed E-state index contributed by atoms with van der Waals surface area (Å²) in [5.41, 5.74) is 2.18. The molecule has 0 aromatic heterocycles. The molecule has 21 heavy (non-hydrogen) atoms. The second kappa shape index (κ2) is 6.58. The second-order valence-corrected chi connectivity index (χ2v) is 8.75. The Morgan fingerprint density at radius 1 is 1.29 bits per heavy atom. The van der Waals surface area contributed by atoms with Crippen LogP contribution in [0, 0.1) is 5.92 Å². The SMILES string of the molecule is O=S(=O)(NCC1CCSCC1)c1ccc2c(c1)NCCC2. The average Bonchev–Trinajstić information content (AvgIpc) is 2.53. The molecule has 0 bridgehead atoms. The van der Waals surface area contributed by atoms with Gasteiger partial charge in [-0.2, -0.15) is 11.8 Å². The molecule has 1 saturated heterocycles. The van der Waals surface area contributed by atoms with Gasteiger partial charge in [0.15, 0.2) is 0 Å². The summed E-state index contributed by atoms with van der Waals surface area (Å²) in [4.78, 5) is 0.376. The number of fused-ring (bicyclic) bond motifs is 1. The maximum absolute atomic E-state index is 12.4. The number of hydrogen-bond donors (Lipinski definition) is 2. The average molecular weight is 326 g/mol. The van der Waals surface area contributed by atoms with Gasteiger partial charge in [0.05, 0.1) is 4.90 Å². The molecule has 1 aromatic rings. The number of anilines is 1. The van der Waals surface area contributed by atoms with Crippen LogP contribution in [-0.4, -0.2) is 33.0 Å². The molecule has 0 saturated carbocycles. The Labute approximate surface area is 131 Å². The van der Waals surface area contributed by atoms with Crippen LogP contribution in [0.3, 0.4) is 0 Å². The van der Waals surface area contributed by atoms with E-state index in [0.717, 1.165) is 49.4 Å². The van der Waals surface area contributed by atoms with Gasteiger partial charge in [-0.15, -0.1) is 0 Å². The van der Waals surface area contributed by atoms with E-state index >= 15 is 0 Å². The van der Waals surface area contributed by atoms with Crippen molar-refractivity contribution in [2.75, 3.05) is 29.9 Å². The smallest absolute Gasteiger partial charge is 0.240 e. The first-order valence-electron chi connectivity index (χ1n) is 7.59. The number of benzene rings is 1. The maximum atomic E-state index is 12.4. The van der Waals surface area contributed by atoms with Gasteiger partial charge in [-0.3, -0.25) is 0 Å². The fraction of sp³-hybridized carbons (Fsp3) is 0.600.